The van der Waals surface area contributed by atoms with E-state index in [1.165, 1.54) is 9.80 Å². The van der Waals surface area contributed by atoms with Crippen LogP contribution in [0.5, 0.6) is 0 Å². The predicted octanol–water partition coefficient (Wildman–Crippen LogP) is 6.33. The normalized spacial score (nSPS) is 19.4. The second-order valence-corrected chi connectivity index (χ2v) is 23.2. The molecule has 2 aromatic carbocycles. The summed E-state index contributed by atoms with van der Waals surface area (Å²) in [6.07, 6.45) is -1.28. The first kappa shape index (κ1) is 56.4. The number of thiazole rings is 2. The molecule has 7 atom stereocenters. The average Bonchev–Trinajstić information content (AvgIpc) is 4.12. The number of hydrogen-bond acceptors (Lipinski definition) is 12. The fourth-order valence-corrected chi connectivity index (χ4v) is 10.0. The third-order valence-electron chi connectivity index (χ3n) is 12.8. The SMILES string of the molecule is Cc1ncsc1-c1ccc(CNC(=O)[C@@H]2C[C@@H](O)CN2C(=O)[C@@H](NC(=O)C(C)C)C(C)(C)C)cc1.Cc1ncsc1-c1ccc([C@H](C)NC(=O)[C@@H]2C[C@@H](O)CN2C(=O)[C@@H](NC(=O)C(C)C)C(C)(C)C)cc1. The maximum absolute atomic E-state index is 13.6. The van der Waals surface area contributed by atoms with Gasteiger partial charge in [-0.25, -0.2) is 9.97 Å². The van der Waals surface area contributed by atoms with Gasteiger partial charge in [0, 0.05) is 44.3 Å². The number of carbonyl (C=O) groups is 6. The van der Waals surface area contributed by atoms with Gasteiger partial charge in [0.15, 0.2) is 0 Å². The molecule has 6 N–H and O–H groups in total. The minimum absolute atomic E-state index is 0.0539. The number of carbonyl (C=O) groups excluding carboxylic acids is 6. The fourth-order valence-electron chi connectivity index (χ4n) is 8.41. The molecule has 2 fully saturated rings. The minimum atomic E-state index is -0.812. The lowest BCUT2D eigenvalue weighted by Crippen LogP contribution is -2.58. The lowest BCUT2D eigenvalue weighted by molar-refractivity contribution is -0.144. The molecule has 4 aromatic rings. The first-order valence-corrected chi connectivity index (χ1v) is 26.1. The Balaban J connectivity index is 0.000000264. The molecule has 0 unspecified atom stereocenters. The van der Waals surface area contributed by atoms with E-state index >= 15 is 0 Å². The van der Waals surface area contributed by atoms with Crippen LogP contribution < -0.4 is 21.3 Å². The molecule has 2 aliphatic heterocycles. The summed E-state index contributed by atoms with van der Waals surface area (Å²) in [5.41, 5.74) is 8.49. The molecule has 0 aliphatic carbocycles. The first-order chi connectivity index (χ1) is 33.2. The molecule has 6 rings (SSSR count). The van der Waals surface area contributed by atoms with E-state index in [0.29, 0.717) is 6.54 Å². The van der Waals surface area contributed by atoms with E-state index in [1.807, 2.05) is 122 Å². The third kappa shape index (κ3) is 14.5. The summed E-state index contributed by atoms with van der Waals surface area (Å²) in [4.78, 5) is 91.8. The number of aryl methyl sites for hydroxylation is 2. The van der Waals surface area contributed by atoms with E-state index < -0.39 is 47.2 Å². The number of amides is 6. The Morgan fingerprint density at radius 3 is 1.38 bits per heavy atom. The van der Waals surface area contributed by atoms with Crippen molar-refractivity contribution < 1.29 is 39.0 Å². The van der Waals surface area contributed by atoms with Gasteiger partial charge < -0.3 is 41.3 Å². The molecule has 2 aromatic heterocycles. The number of aromatic nitrogens is 2. The van der Waals surface area contributed by atoms with E-state index in [1.54, 1.807) is 50.4 Å². The quantitative estimate of drug-likeness (QED) is 0.0824. The zero-order chi connectivity index (χ0) is 52.7. The Morgan fingerprint density at radius 2 is 1.01 bits per heavy atom. The summed E-state index contributed by atoms with van der Waals surface area (Å²) >= 11 is 3.18. The third-order valence-corrected chi connectivity index (χ3v) is 14.7. The van der Waals surface area contributed by atoms with Gasteiger partial charge in [0.05, 0.1) is 50.4 Å². The number of rotatable bonds is 14. The van der Waals surface area contributed by atoms with Crippen molar-refractivity contribution in [2.24, 2.45) is 22.7 Å². The maximum atomic E-state index is 13.6. The van der Waals surface area contributed by atoms with Gasteiger partial charge in [-0.3, -0.25) is 28.8 Å². The molecule has 71 heavy (non-hydrogen) atoms. The largest absolute Gasteiger partial charge is 0.391 e. The van der Waals surface area contributed by atoms with Crippen molar-refractivity contribution in [2.75, 3.05) is 13.1 Å². The number of benzene rings is 2. The van der Waals surface area contributed by atoms with E-state index in [-0.39, 0.29) is 79.3 Å². The Kier molecular flexibility index (Phi) is 18.9. The summed E-state index contributed by atoms with van der Waals surface area (Å²) in [7, 11) is 0. The van der Waals surface area contributed by atoms with E-state index in [0.717, 1.165) is 43.4 Å². The zero-order valence-corrected chi connectivity index (χ0v) is 45.1. The molecule has 2 saturated heterocycles. The van der Waals surface area contributed by atoms with Gasteiger partial charge in [-0.1, -0.05) is 118 Å². The molecule has 6 amide bonds. The van der Waals surface area contributed by atoms with Gasteiger partial charge in [-0.2, -0.15) is 0 Å². The van der Waals surface area contributed by atoms with Crippen LogP contribution in [0.25, 0.3) is 20.9 Å². The van der Waals surface area contributed by atoms with E-state index in [2.05, 4.69) is 31.2 Å². The number of nitrogens with one attached hydrogen (secondary N) is 4. The van der Waals surface area contributed by atoms with Crippen LogP contribution in [0.15, 0.2) is 59.6 Å². The highest BCUT2D eigenvalue weighted by atomic mass is 32.1. The summed E-state index contributed by atoms with van der Waals surface area (Å²) in [5, 5.41) is 32.2. The molecule has 0 bridgehead atoms. The Bertz CT molecular complexity index is 2490. The molecule has 2 aliphatic rings. The molecule has 16 nitrogen and oxygen atoms in total. The highest BCUT2D eigenvalue weighted by molar-refractivity contribution is 7.13. The topological polar surface area (TPSA) is 223 Å². The summed E-state index contributed by atoms with van der Waals surface area (Å²) < 4.78 is 0. The van der Waals surface area contributed by atoms with Crippen LogP contribution in [0.2, 0.25) is 0 Å². The molecular formula is C53H74N8O8S2. The van der Waals surface area contributed by atoms with Crippen molar-refractivity contribution in [2.45, 2.75) is 152 Å². The summed E-state index contributed by atoms with van der Waals surface area (Å²) in [6, 6.07) is 12.4. The van der Waals surface area contributed by atoms with Crippen molar-refractivity contribution in [3.05, 3.63) is 82.1 Å². The lowest BCUT2D eigenvalue weighted by atomic mass is 9.85. The molecule has 4 heterocycles. The molecule has 0 saturated carbocycles. The van der Waals surface area contributed by atoms with E-state index in [9.17, 15) is 39.0 Å². The summed E-state index contributed by atoms with van der Waals surface area (Å²) in [6.45, 7) is 24.6. The molecule has 0 radical (unpaired) electrons. The Morgan fingerprint density at radius 1 is 0.620 bits per heavy atom. The van der Waals surface area contributed by atoms with Gasteiger partial charge >= 0.3 is 0 Å². The molecule has 18 heteroatoms. The lowest BCUT2D eigenvalue weighted by Gasteiger charge is -2.36. The summed E-state index contributed by atoms with van der Waals surface area (Å²) in [5.74, 6) is -2.36. The number of hydrogen-bond donors (Lipinski definition) is 6. The molecule has 0 spiro atoms. The number of nitrogens with zero attached hydrogens (tertiary/aromatic N) is 4. The smallest absolute Gasteiger partial charge is 0.246 e. The van der Waals surface area contributed by atoms with Crippen LogP contribution in [0.1, 0.15) is 118 Å². The first-order valence-electron chi connectivity index (χ1n) is 24.3. The zero-order valence-electron chi connectivity index (χ0n) is 43.5. The number of β-amino-alcohol motifs (C(OH)–C–C–N with tert-alkyl or cyclic N) is 2. The van der Waals surface area contributed by atoms with Crippen molar-refractivity contribution in [1.29, 1.82) is 0 Å². The van der Waals surface area contributed by atoms with Gasteiger partial charge in [0.2, 0.25) is 35.4 Å². The van der Waals surface area contributed by atoms with Crippen molar-refractivity contribution in [1.82, 2.24) is 41.0 Å². The van der Waals surface area contributed by atoms with Crippen molar-refractivity contribution >= 4 is 58.1 Å². The van der Waals surface area contributed by atoms with Gasteiger partial charge in [0.25, 0.3) is 0 Å². The highest BCUT2D eigenvalue weighted by Crippen LogP contribution is 2.31. The van der Waals surface area contributed by atoms with Crippen molar-refractivity contribution in [3.63, 3.8) is 0 Å². The standard InChI is InChI=1S/C27H38N4O4S.C26H36N4O4S/c1-15(2)24(33)30-23(27(5,6)7)26(35)31-13-20(32)12-21(31)25(34)29-16(3)18-8-10-19(11-9-18)22-17(4)28-14-36-22;1-15(2)23(32)29-22(26(4,5)6)25(34)30-13-19(31)11-20(30)24(33)27-12-17-7-9-18(10-8-17)21-16(3)28-14-35-21/h8-11,14-16,20-21,23,32H,12-13H2,1-7H3,(H,29,34)(H,30,33);7-10,14-15,19-20,22,31H,11-13H2,1-6H3,(H,27,33)(H,29,32)/t16-,20+,21-,23+;19-,20+,22-/m01/s1. The fraction of sp³-hybridized carbons (Fsp3) is 0.547. The Labute approximate surface area is 426 Å². The maximum Gasteiger partial charge on any atom is 0.246 e. The molecular weight excluding hydrogens is 941 g/mol. The highest BCUT2D eigenvalue weighted by Gasteiger charge is 2.46. The minimum Gasteiger partial charge on any atom is -0.391 e. The predicted molar refractivity (Wildman–Crippen MR) is 278 cm³/mol. The number of aliphatic hydroxyl groups is 2. The van der Waals surface area contributed by atoms with E-state index in [4.69, 9.17) is 0 Å². The second-order valence-electron chi connectivity index (χ2n) is 21.5. The van der Waals surface area contributed by atoms with Crippen molar-refractivity contribution in [3.8, 4) is 20.9 Å². The molecule has 386 valence electrons. The van der Waals surface area contributed by atoms with Crippen LogP contribution >= 0.6 is 22.7 Å². The van der Waals surface area contributed by atoms with Crippen LogP contribution in [0.3, 0.4) is 0 Å². The monoisotopic (exact) mass is 1010 g/mol. The Hall–Kier alpha value is -5.56. The van der Waals surface area contributed by atoms with Gasteiger partial charge in [0.1, 0.15) is 24.2 Å². The van der Waals surface area contributed by atoms with Crippen LogP contribution in [0.4, 0.5) is 0 Å². The van der Waals surface area contributed by atoms with Crippen LogP contribution in [-0.4, -0.2) is 115 Å². The van der Waals surface area contributed by atoms with Gasteiger partial charge in [-0.05, 0) is 53.9 Å². The number of aliphatic hydroxyl groups excluding tert-OH is 2. The van der Waals surface area contributed by atoms with Crippen LogP contribution in [0, 0.1) is 36.5 Å². The van der Waals surface area contributed by atoms with Crippen LogP contribution in [-0.2, 0) is 35.3 Å². The second kappa shape index (κ2) is 23.8. The average molecular weight is 1020 g/mol. The number of likely N-dealkylation sites (tertiary alicyclic amines) is 2. The van der Waals surface area contributed by atoms with Gasteiger partial charge in [-0.15, -0.1) is 22.7 Å².